The van der Waals surface area contributed by atoms with Gasteiger partial charge in [-0.25, -0.2) is 4.39 Å². The lowest BCUT2D eigenvalue weighted by molar-refractivity contribution is -0.142. The molecule has 20 heavy (non-hydrogen) atoms. The van der Waals surface area contributed by atoms with Crippen molar-refractivity contribution < 1.29 is 14.0 Å². The van der Waals surface area contributed by atoms with Crippen molar-refractivity contribution >= 4 is 29.1 Å². The summed E-state index contributed by atoms with van der Waals surface area (Å²) in [6.07, 6.45) is 0. The highest BCUT2D eigenvalue weighted by atomic mass is 35.5. The molecule has 4 nitrogen and oxygen atoms in total. The molecule has 6 heteroatoms. The van der Waals surface area contributed by atoms with Gasteiger partial charge in [-0.1, -0.05) is 23.8 Å². The fourth-order valence-corrected chi connectivity index (χ4v) is 1.67. The van der Waals surface area contributed by atoms with E-state index in [-0.39, 0.29) is 10.7 Å². The third-order valence-corrected chi connectivity index (χ3v) is 2.81. The van der Waals surface area contributed by atoms with E-state index in [1.54, 1.807) is 13.8 Å². The normalized spacial score (nSPS) is 10.0. The van der Waals surface area contributed by atoms with Gasteiger partial charge in [0.1, 0.15) is 5.82 Å². The van der Waals surface area contributed by atoms with Crippen LogP contribution in [0.3, 0.4) is 0 Å². The molecule has 0 saturated heterocycles. The van der Waals surface area contributed by atoms with Gasteiger partial charge in [0.15, 0.2) is 0 Å². The molecule has 0 aliphatic carbocycles. The van der Waals surface area contributed by atoms with E-state index in [1.165, 1.54) is 17.0 Å². The predicted molar refractivity (Wildman–Crippen MR) is 77.1 cm³/mol. The van der Waals surface area contributed by atoms with Gasteiger partial charge in [-0.2, -0.15) is 0 Å². The minimum absolute atomic E-state index is 0.0493. The number of anilines is 1. The Kier molecular flexibility index (Phi) is 5.70. The molecule has 0 aromatic heterocycles. The topological polar surface area (TPSA) is 49.4 Å². The van der Waals surface area contributed by atoms with Crippen LogP contribution in [-0.4, -0.2) is 29.8 Å². The third kappa shape index (κ3) is 4.35. The van der Waals surface area contributed by atoms with Gasteiger partial charge >= 0.3 is 11.8 Å². The molecule has 0 atom stereocenters. The van der Waals surface area contributed by atoms with Crippen LogP contribution in [-0.2, 0) is 9.59 Å². The van der Waals surface area contributed by atoms with Crippen LogP contribution >= 0.6 is 11.6 Å². The smallest absolute Gasteiger partial charge is 0.313 e. The van der Waals surface area contributed by atoms with Crippen LogP contribution in [0.1, 0.15) is 13.8 Å². The maximum Gasteiger partial charge on any atom is 0.313 e. The first-order valence-electron chi connectivity index (χ1n) is 6.04. The third-order valence-electron chi connectivity index (χ3n) is 2.50. The number of nitrogens with zero attached hydrogens (tertiary/aromatic N) is 1. The average molecular weight is 299 g/mol. The molecule has 0 spiro atoms. The first-order valence-corrected chi connectivity index (χ1v) is 6.42. The van der Waals surface area contributed by atoms with E-state index in [0.717, 1.165) is 11.6 Å². The number of carbonyl (C=O) groups excluding carboxylic acids is 2. The molecule has 1 rings (SSSR count). The molecule has 0 saturated carbocycles. The van der Waals surface area contributed by atoms with E-state index in [1.807, 2.05) is 0 Å². The number of hydrogen-bond donors (Lipinski definition) is 1. The standard InChI is InChI=1S/C14H16ClFN2O2/c1-4-18(8-9(2)3)14(20)13(19)17-10-5-6-11(15)12(16)7-10/h5-7H,2,4,8H2,1,3H3,(H,17,19). The Bertz CT molecular complexity index is 546. The summed E-state index contributed by atoms with van der Waals surface area (Å²) >= 11 is 5.54. The Labute approximate surface area is 122 Å². The summed E-state index contributed by atoms with van der Waals surface area (Å²) in [6.45, 7) is 7.91. The molecule has 0 radical (unpaired) electrons. The number of rotatable bonds is 4. The number of carbonyl (C=O) groups is 2. The van der Waals surface area contributed by atoms with Crippen LogP contribution < -0.4 is 5.32 Å². The number of likely N-dealkylation sites (N-methyl/N-ethyl adjacent to an activating group) is 1. The van der Waals surface area contributed by atoms with Gasteiger partial charge in [-0.05, 0) is 32.0 Å². The molecule has 1 aromatic carbocycles. The minimum atomic E-state index is -0.824. The number of amides is 2. The second-order valence-electron chi connectivity index (χ2n) is 4.36. The summed E-state index contributed by atoms with van der Waals surface area (Å²) in [5, 5.41) is 2.29. The predicted octanol–water partition coefficient (Wildman–Crippen LogP) is 2.84. The zero-order valence-corrected chi connectivity index (χ0v) is 12.1. The molecule has 2 amide bonds. The van der Waals surface area contributed by atoms with Gasteiger partial charge in [0.25, 0.3) is 0 Å². The van der Waals surface area contributed by atoms with Gasteiger partial charge in [0, 0.05) is 18.8 Å². The van der Waals surface area contributed by atoms with Crippen LogP contribution in [0.5, 0.6) is 0 Å². The van der Waals surface area contributed by atoms with Crippen molar-refractivity contribution in [2.75, 3.05) is 18.4 Å². The number of benzene rings is 1. The summed E-state index contributed by atoms with van der Waals surface area (Å²) < 4.78 is 13.2. The van der Waals surface area contributed by atoms with Crippen molar-refractivity contribution in [1.29, 1.82) is 0 Å². The second-order valence-corrected chi connectivity index (χ2v) is 4.77. The Morgan fingerprint density at radius 1 is 1.45 bits per heavy atom. The number of halogens is 2. The first-order chi connectivity index (χ1) is 9.35. The Balaban J connectivity index is 2.76. The lowest BCUT2D eigenvalue weighted by Crippen LogP contribution is -2.40. The van der Waals surface area contributed by atoms with E-state index >= 15 is 0 Å². The monoisotopic (exact) mass is 298 g/mol. The van der Waals surface area contributed by atoms with Gasteiger partial charge in [-0.3, -0.25) is 9.59 Å². The highest BCUT2D eigenvalue weighted by Gasteiger charge is 2.20. The SMILES string of the molecule is C=C(C)CN(CC)C(=O)C(=O)Nc1ccc(Cl)c(F)c1. The molecule has 0 aliphatic rings. The highest BCUT2D eigenvalue weighted by Crippen LogP contribution is 2.18. The first kappa shape index (κ1) is 16.2. The lowest BCUT2D eigenvalue weighted by atomic mass is 10.3. The van der Waals surface area contributed by atoms with Crippen molar-refractivity contribution in [1.82, 2.24) is 4.90 Å². The molecule has 0 unspecified atom stereocenters. The fourth-order valence-electron chi connectivity index (χ4n) is 1.56. The van der Waals surface area contributed by atoms with Gasteiger partial charge < -0.3 is 10.2 Å². The summed E-state index contributed by atoms with van der Waals surface area (Å²) in [4.78, 5) is 25.1. The number of hydrogen-bond acceptors (Lipinski definition) is 2. The molecular weight excluding hydrogens is 283 g/mol. The van der Waals surface area contributed by atoms with E-state index in [9.17, 15) is 14.0 Å². The zero-order valence-electron chi connectivity index (χ0n) is 11.4. The summed E-state index contributed by atoms with van der Waals surface area (Å²) in [6, 6.07) is 3.79. The molecule has 0 fully saturated rings. The quantitative estimate of drug-likeness (QED) is 0.686. The van der Waals surface area contributed by atoms with Crippen molar-refractivity contribution in [2.24, 2.45) is 0 Å². The van der Waals surface area contributed by atoms with E-state index in [4.69, 9.17) is 11.6 Å². The van der Waals surface area contributed by atoms with Crippen LogP contribution in [0, 0.1) is 5.82 Å². The van der Waals surface area contributed by atoms with Crippen LogP contribution in [0.2, 0.25) is 5.02 Å². The van der Waals surface area contributed by atoms with Crippen molar-refractivity contribution in [3.05, 3.63) is 41.2 Å². The minimum Gasteiger partial charge on any atom is -0.331 e. The molecule has 0 aliphatic heterocycles. The maximum absolute atomic E-state index is 13.2. The molecular formula is C14H16ClFN2O2. The Morgan fingerprint density at radius 2 is 2.10 bits per heavy atom. The largest absolute Gasteiger partial charge is 0.331 e. The average Bonchev–Trinajstić information content (AvgIpc) is 2.39. The molecule has 108 valence electrons. The van der Waals surface area contributed by atoms with Gasteiger partial charge in [-0.15, -0.1) is 0 Å². The fraction of sp³-hybridized carbons (Fsp3) is 0.286. The summed E-state index contributed by atoms with van der Waals surface area (Å²) in [5.74, 6) is -2.17. The Hall–Kier alpha value is -1.88. The van der Waals surface area contributed by atoms with E-state index < -0.39 is 17.6 Å². The van der Waals surface area contributed by atoms with Gasteiger partial charge in [0.2, 0.25) is 0 Å². The maximum atomic E-state index is 13.2. The number of nitrogens with one attached hydrogen (secondary N) is 1. The Morgan fingerprint density at radius 3 is 2.60 bits per heavy atom. The lowest BCUT2D eigenvalue weighted by Gasteiger charge is -2.20. The van der Waals surface area contributed by atoms with Crippen molar-refractivity contribution in [3.8, 4) is 0 Å². The van der Waals surface area contributed by atoms with E-state index in [0.29, 0.717) is 13.1 Å². The van der Waals surface area contributed by atoms with Gasteiger partial charge in [0.05, 0.1) is 5.02 Å². The summed E-state index contributed by atoms with van der Waals surface area (Å²) in [7, 11) is 0. The second kappa shape index (κ2) is 7.05. The van der Waals surface area contributed by atoms with Crippen molar-refractivity contribution in [2.45, 2.75) is 13.8 Å². The van der Waals surface area contributed by atoms with Crippen LogP contribution in [0.25, 0.3) is 0 Å². The van der Waals surface area contributed by atoms with Crippen LogP contribution in [0.15, 0.2) is 30.4 Å². The van der Waals surface area contributed by atoms with Crippen LogP contribution in [0.4, 0.5) is 10.1 Å². The summed E-state index contributed by atoms with van der Waals surface area (Å²) in [5.41, 5.74) is 0.946. The molecule has 1 N–H and O–H groups in total. The van der Waals surface area contributed by atoms with Crippen molar-refractivity contribution in [3.63, 3.8) is 0 Å². The molecule has 1 aromatic rings. The molecule has 0 heterocycles. The van der Waals surface area contributed by atoms with E-state index in [2.05, 4.69) is 11.9 Å². The molecule has 0 bridgehead atoms. The zero-order chi connectivity index (χ0) is 15.3. The highest BCUT2D eigenvalue weighted by molar-refractivity contribution is 6.39.